The number of hydrogen-bond donors (Lipinski definition) is 1. The number of carbonyl (C=O) groups is 1. The number of phenolic OH excluding ortho intramolecular Hbond substituents is 1. The van der Waals surface area contributed by atoms with Crippen LogP contribution in [0.3, 0.4) is 0 Å². The maximum atomic E-state index is 15.4. The summed E-state index contributed by atoms with van der Waals surface area (Å²) in [6, 6.07) is 0. The first-order valence-electron chi connectivity index (χ1n) is 27.8. The molecule has 1 aromatic rings. The van der Waals surface area contributed by atoms with Gasteiger partial charge in [0.1, 0.15) is 28.8 Å². The molecule has 1 aliphatic rings. The Morgan fingerprint density at radius 2 is 0.657 bits per heavy atom. The van der Waals surface area contributed by atoms with Gasteiger partial charge in [0, 0.05) is 22.3 Å². The van der Waals surface area contributed by atoms with Crippen molar-refractivity contribution < 1.29 is 28.8 Å². The summed E-state index contributed by atoms with van der Waals surface area (Å²) in [7, 11) is 0. The van der Waals surface area contributed by atoms with Gasteiger partial charge in [0.05, 0.1) is 37.6 Å². The van der Waals surface area contributed by atoms with Crippen molar-refractivity contribution in [1.29, 1.82) is 0 Å². The average molecular weight is 936 g/mol. The lowest BCUT2D eigenvalue weighted by molar-refractivity contribution is -0.114. The van der Waals surface area contributed by atoms with Gasteiger partial charge in [-0.15, -0.1) is 0 Å². The first-order chi connectivity index (χ1) is 31.6. The van der Waals surface area contributed by atoms with Crippen LogP contribution in [0.15, 0.2) is 28.2 Å². The van der Waals surface area contributed by atoms with E-state index in [4.69, 9.17) is 18.9 Å². The third-order valence-corrected chi connectivity index (χ3v) is 13.1. The molecule has 0 aliphatic heterocycles. The van der Waals surface area contributed by atoms with E-state index in [-0.39, 0.29) is 11.5 Å². The first-order valence-corrected chi connectivity index (χ1v) is 27.8. The number of hydrogen-bond acceptors (Lipinski definition) is 6. The molecule has 0 saturated carbocycles. The number of Topliss-reactive ketones (excluding diaryl/α,β-unsaturated/α-hetero) is 1. The van der Waals surface area contributed by atoms with E-state index < -0.39 is 21.7 Å². The van der Waals surface area contributed by atoms with Crippen LogP contribution >= 0.6 is 0 Å². The topological polar surface area (TPSA) is 74.2 Å². The highest BCUT2D eigenvalue weighted by molar-refractivity contribution is 6.13. The molecule has 0 unspecified atom stereocenters. The van der Waals surface area contributed by atoms with Gasteiger partial charge >= 0.3 is 0 Å². The predicted octanol–water partition coefficient (Wildman–Crippen LogP) is 18.8. The zero-order valence-electron chi connectivity index (χ0n) is 46.9. The maximum Gasteiger partial charge on any atom is 0.193 e. The molecule has 1 aliphatic carbocycles. The van der Waals surface area contributed by atoms with E-state index in [1.807, 2.05) is 0 Å². The van der Waals surface area contributed by atoms with Crippen molar-refractivity contribution in [3.8, 4) is 17.2 Å². The summed E-state index contributed by atoms with van der Waals surface area (Å²) in [4.78, 5) is 15.4. The fraction of sp³-hybridized carbons (Fsp3) is 0.787. The molecule has 67 heavy (non-hydrogen) atoms. The van der Waals surface area contributed by atoms with Crippen LogP contribution in [0.25, 0.3) is 6.08 Å². The largest absolute Gasteiger partial charge is 0.507 e. The first kappa shape index (κ1) is 60.2. The summed E-state index contributed by atoms with van der Waals surface area (Å²) < 4.78 is 28.4. The van der Waals surface area contributed by atoms with Crippen molar-refractivity contribution in [1.82, 2.24) is 0 Å². The molecule has 6 heteroatoms. The number of benzene rings is 1. The third kappa shape index (κ3) is 19.8. The number of ether oxygens (including phenoxy) is 4. The van der Waals surface area contributed by atoms with Gasteiger partial charge in [-0.05, 0) is 53.4 Å². The molecule has 0 aromatic heterocycles. The number of allylic oxidation sites excluding steroid dienone is 2. The quantitative estimate of drug-likeness (QED) is 0.0708. The van der Waals surface area contributed by atoms with Gasteiger partial charge in [-0.2, -0.15) is 0 Å². The van der Waals surface area contributed by atoms with E-state index in [0.29, 0.717) is 60.6 Å². The number of ketones is 1. The molecule has 0 atom stereocenters. The highest BCUT2D eigenvalue weighted by Crippen LogP contribution is 2.55. The van der Waals surface area contributed by atoms with Gasteiger partial charge in [-0.25, -0.2) is 0 Å². The summed E-state index contributed by atoms with van der Waals surface area (Å²) >= 11 is 0. The van der Waals surface area contributed by atoms with Crippen molar-refractivity contribution >= 4 is 11.9 Å². The van der Waals surface area contributed by atoms with E-state index in [2.05, 4.69) is 117 Å². The van der Waals surface area contributed by atoms with E-state index >= 15 is 4.79 Å². The number of unbranched alkanes of at least 4 members (excludes halogenated alkanes) is 20. The highest BCUT2D eigenvalue weighted by Gasteiger charge is 2.44. The highest BCUT2D eigenvalue weighted by atomic mass is 16.5. The normalized spacial score (nSPS) is 14.1. The zero-order valence-corrected chi connectivity index (χ0v) is 46.9. The van der Waals surface area contributed by atoms with E-state index in [1.165, 1.54) is 103 Å². The third-order valence-electron chi connectivity index (χ3n) is 13.1. The second kappa shape index (κ2) is 30.0. The lowest BCUT2D eigenvalue weighted by Crippen LogP contribution is -2.33. The molecule has 0 fully saturated rings. The van der Waals surface area contributed by atoms with Crippen LogP contribution in [0.4, 0.5) is 0 Å². The minimum atomic E-state index is -0.537. The van der Waals surface area contributed by atoms with E-state index in [9.17, 15) is 5.11 Å². The minimum Gasteiger partial charge on any atom is -0.507 e. The Morgan fingerprint density at radius 3 is 0.925 bits per heavy atom. The molecule has 1 N–H and O–H groups in total. The van der Waals surface area contributed by atoms with Crippen LogP contribution in [0.1, 0.15) is 282 Å². The predicted molar refractivity (Wildman–Crippen MR) is 288 cm³/mol. The van der Waals surface area contributed by atoms with Gasteiger partial charge in [0.15, 0.2) is 5.78 Å². The average Bonchev–Trinajstić information content (AvgIpc) is 3.22. The van der Waals surface area contributed by atoms with E-state index in [1.54, 1.807) is 0 Å². The summed E-state index contributed by atoms with van der Waals surface area (Å²) in [5.74, 6) is 2.74. The number of aromatic hydroxyl groups is 1. The molecule has 1 aromatic carbocycles. The number of carbonyl (C=O) groups excluding carboxylic acids is 1. The van der Waals surface area contributed by atoms with Crippen molar-refractivity contribution in [2.24, 2.45) is 10.8 Å². The maximum absolute atomic E-state index is 15.4. The zero-order chi connectivity index (χ0) is 50.3. The molecule has 0 amide bonds. The molecule has 0 spiro atoms. The van der Waals surface area contributed by atoms with Gasteiger partial charge in [0.2, 0.25) is 0 Å². The van der Waals surface area contributed by atoms with E-state index in [0.717, 1.165) is 73.6 Å². The van der Waals surface area contributed by atoms with Crippen LogP contribution < -0.4 is 9.47 Å². The second-order valence-electron chi connectivity index (χ2n) is 23.9. The molecular weight excluding hydrogens is 829 g/mol. The molecule has 386 valence electrons. The fourth-order valence-electron chi connectivity index (χ4n) is 9.40. The summed E-state index contributed by atoms with van der Waals surface area (Å²) in [6.07, 6.45) is 29.5. The minimum absolute atomic E-state index is 0.00333. The molecule has 6 nitrogen and oxygen atoms in total. The Morgan fingerprint density at radius 1 is 0.388 bits per heavy atom. The molecule has 2 rings (SSSR count). The van der Waals surface area contributed by atoms with Crippen molar-refractivity contribution in [3.05, 3.63) is 44.9 Å². The Balaban J connectivity index is 3.22. The van der Waals surface area contributed by atoms with Crippen LogP contribution in [-0.2, 0) is 25.1 Å². The molecule has 0 radical (unpaired) electrons. The monoisotopic (exact) mass is 935 g/mol. The molecule has 0 saturated heterocycles. The summed E-state index contributed by atoms with van der Waals surface area (Å²) in [6.45, 7) is 36.8. The Hall–Kier alpha value is -2.89. The SMILES string of the molecule is CCCCCCCCOC1=C(C(C)(C)C)C(=O)C(C(C)(C)C)=C(OCCCCCCCC)C1=Cc1c(OCCCCCCCC)c(C(C)(C)C)c(O)c(C(C)(C)C)c1OCCCCCCCC. The van der Waals surface area contributed by atoms with Gasteiger partial charge in [-0.1, -0.05) is 239 Å². The Labute approximate surface area is 414 Å². The standard InChI is InChI=1S/C61H106O6/c1-17-21-25-29-33-37-41-64-54-46(55(65-42-38-34-30-26-22-18-2)49(59(8,9)10)52(62)48(54)58(5,6)7)45-47-56(66-43-39-35-31-27-23-19-3)50(60(11,12)13)53(63)51(61(14,15)16)57(47)67-44-40-36-32-28-24-20-4/h45,62H,17-44H2,1-16H3. The van der Waals surface area contributed by atoms with Gasteiger partial charge in [0.25, 0.3) is 0 Å². The number of phenols is 1. The Kier molecular flexibility index (Phi) is 27.0. The van der Waals surface area contributed by atoms with Crippen LogP contribution in [0.5, 0.6) is 17.2 Å². The molecular formula is C61H106O6. The van der Waals surface area contributed by atoms with Crippen molar-refractivity contribution in [2.45, 2.75) is 276 Å². The van der Waals surface area contributed by atoms with Crippen LogP contribution in [-0.4, -0.2) is 37.3 Å². The smallest absolute Gasteiger partial charge is 0.193 e. The van der Waals surface area contributed by atoms with Crippen molar-refractivity contribution in [3.63, 3.8) is 0 Å². The summed E-state index contributed by atoms with van der Waals surface area (Å²) in [5.41, 5.74) is 2.42. The van der Waals surface area contributed by atoms with Crippen LogP contribution in [0.2, 0.25) is 0 Å². The lowest BCUT2D eigenvalue weighted by atomic mass is 9.70. The van der Waals surface area contributed by atoms with Crippen LogP contribution in [0, 0.1) is 10.8 Å². The number of rotatable bonds is 33. The van der Waals surface area contributed by atoms with Crippen molar-refractivity contribution in [2.75, 3.05) is 26.4 Å². The lowest BCUT2D eigenvalue weighted by Gasteiger charge is -2.37. The molecule has 0 heterocycles. The summed E-state index contributed by atoms with van der Waals surface area (Å²) in [5, 5.41) is 12.7. The second-order valence-corrected chi connectivity index (χ2v) is 23.9. The fourth-order valence-corrected chi connectivity index (χ4v) is 9.40. The van der Waals surface area contributed by atoms with Gasteiger partial charge in [-0.3, -0.25) is 4.79 Å². The van der Waals surface area contributed by atoms with Gasteiger partial charge < -0.3 is 24.1 Å². The molecule has 0 bridgehead atoms. The Bertz CT molecular complexity index is 1580.